The molecule has 1 aromatic carbocycles. The van der Waals surface area contributed by atoms with Gasteiger partial charge in [0.05, 0.1) is 6.61 Å². The van der Waals surface area contributed by atoms with E-state index in [0.717, 1.165) is 24.3 Å². The van der Waals surface area contributed by atoms with E-state index in [-0.39, 0.29) is 5.91 Å². The Kier molecular flexibility index (Phi) is 19.9. The minimum Gasteiger partial charge on any atom is -0.494 e. The second-order valence-corrected chi connectivity index (χ2v) is 9.62. The van der Waals surface area contributed by atoms with Gasteiger partial charge in [0.15, 0.2) is 0 Å². The molecule has 0 aromatic heterocycles. The van der Waals surface area contributed by atoms with Gasteiger partial charge < -0.3 is 10.1 Å². The fourth-order valence-corrected chi connectivity index (χ4v) is 4.39. The molecule has 0 radical (unpaired) electrons. The lowest BCUT2D eigenvalue weighted by atomic mass is 10.0. The fourth-order valence-electron chi connectivity index (χ4n) is 4.39. The molecule has 3 heteroatoms. The van der Waals surface area contributed by atoms with E-state index in [0.29, 0.717) is 13.0 Å². The number of carbonyl (C=O) groups excluding carboxylic acids is 1. The summed E-state index contributed by atoms with van der Waals surface area (Å²) in [7, 11) is 0. The summed E-state index contributed by atoms with van der Waals surface area (Å²) < 4.78 is 5.43. The van der Waals surface area contributed by atoms with Crippen molar-refractivity contribution < 1.29 is 9.53 Å². The molecule has 0 heterocycles. The van der Waals surface area contributed by atoms with Crippen LogP contribution in [0.4, 0.5) is 5.69 Å². The van der Waals surface area contributed by atoms with Crippen LogP contribution >= 0.6 is 0 Å². The molecule has 0 spiro atoms. The van der Waals surface area contributed by atoms with Crippen molar-refractivity contribution in [2.45, 2.75) is 142 Å². The Balaban J connectivity index is 1.79. The van der Waals surface area contributed by atoms with Crippen LogP contribution in [0, 0.1) is 0 Å². The number of ether oxygens (including phenoxy) is 1. The van der Waals surface area contributed by atoms with Crippen LogP contribution in [0.15, 0.2) is 24.3 Å². The quantitative estimate of drug-likeness (QED) is 0.165. The molecule has 0 aliphatic carbocycles. The average molecular weight is 460 g/mol. The highest BCUT2D eigenvalue weighted by molar-refractivity contribution is 5.90. The van der Waals surface area contributed by atoms with E-state index in [1.165, 1.54) is 109 Å². The molecule has 1 aromatic rings. The van der Waals surface area contributed by atoms with E-state index in [9.17, 15) is 4.79 Å². The van der Waals surface area contributed by atoms with Crippen LogP contribution in [0.3, 0.4) is 0 Å². The maximum absolute atomic E-state index is 12.1. The minimum absolute atomic E-state index is 0.117. The number of hydrogen-bond donors (Lipinski definition) is 1. The molecule has 0 unspecified atom stereocenters. The van der Waals surface area contributed by atoms with Gasteiger partial charge >= 0.3 is 0 Å². The van der Waals surface area contributed by atoms with Gasteiger partial charge in [-0.1, -0.05) is 122 Å². The summed E-state index contributed by atoms with van der Waals surface area (Å²) in [6.45, 7) is 4.91. The van der Waals surface area contributed by atoms with Crippen molar-refractivity contribution in [3.63, 3.8) is 0 Å². The first-order valence-electron chi connectivity index (χ1n) is 14.3. The molecule has 1 N–H and O–H groups in total. The number of nitrogens with one attached hydrogen (secondary N) is 1. The van der Waals surface area contributed by atoms with Gasteiger partial charge in [0.2, 0.25) is 5.91 Å². The van der Waals surface area contributed by atoms with Gasteiger partial charge in [-0.2, -0.15) is 0 Å². The standard InChI is InChI=1S/C30H53NO2/c1-3-5-6-7-8-9-10-11-12-13-14-15-16-17-18-19-20-21-22-23-30(32)31-28-24-26-29(27-25-28)33-4-2/h24-27H,3-23H2,1-2H3,(H,31,32). The molecule has 0 aliphatic heterocycles. The van der Waals surface area contributed by atoms with Crippen molar-refractivity contribution >= 4 is 11.6 Å². The van der Waals surface area contributed by atoms with Crippen LogP contribution in [-0.2, 0) is 4.79 Å². The molecule has 1 amide bonds. The first-order valence-corrected chi connectivity index (χ1v) is 14.3. The second-order valence-electron chi connectivity index (χ2n) is 9.62. The zero-order valence-electron chi connectivity index (χ0n) is 22.0. The molecule has 190 valence electrons. The summed E-state index contributed by atoms with van der Waals surface area (Å²) in [6, 6.07) is 7.60. The maximum atomic E-state index is 12.1. The first-order chi connectivity index (χ1) is 16.3. The number of unbranched alkanes of at least 4 members (excludes halogenated alkanes) is 18. The number of amides is 1. The third-order valence-electron chi connectivity index (χ3n) is 6.46. The van der Waals surface area contributed by atoms with E-state index in [1.54, 1.807) is 0 Å². The lowest BCUT2D eigenvalue weighted by molar-refractivity contribution is -0.116. The highest BCUT2D eigenvalue weighted by Crippen LogP contribution is 2.17. The summed E-state index contributed by atoms with van der Waals surface area (Å²) in [6.07, 6.45) is 26.7. The third kappa shape index (κ3) is 18.6. The van der Waals surface area contributed by atoms with Crippen LogP contribution in [0.1, 0.15) is 142 Å². The smallest absolute Gasteiger partial charge is 0.224 e. The molecule has 0 fully saturated rings. The van der Waals surface area contributed by atoms with Crippen molar-refractivity contribution in [1.29, 1.82) is 0 Å². The lowest BCUT2D eigenvalue weighted by Crippen LogP contribution is -2.10. The van der Waals surface area contributed by atoms with Crippen molar-refractivity contribution in [1.82, 2.24) is 0 Å². The van der Waals surface area contributed by atoms with Crippen LogP contribution < -0.4 is 10.1 Å². The molecule has 0 saturated carbocycles. The summed E-state index contributed by atoms with van der Waals surface area (Å²) in [5.41, 5.74) is 0.848. The molecular weight excluding hydrogens is 406 g/mol. The summed E-state index contributed by atoms with van der Waals surface area (Å²) in [5, 5.41) is 2.98. The molecule has 33 heavy (non-hydrogen) atoms. The topological polar surface area (TPSA) is 38.3 Å². The number of rotatable bonds is 23. The monoisotopic (exact) mass is 459 g/mol. The van der Waals surface area contributed by atoms with Crippen molar-refractivity contribution in [2.24, 2.45) is 0 Å². The number of carbonyl (C=O) groups is 1. The Hall–Kier alpha value is -1.51. The van der Waals surface area contributed by atoms with E-state index < -0.39 is 0 Å². The van der Waals surface area contributed by atoms with Crippen molar-refractivity contribution in [3.8, 4) is 5.75 Å². The predicted octanol–water partition coefficient (Wildman–Crippen LogP) is 9.85. The zero-order chi connectivity index (χ0) is 23.8. The maximum Gasteiger partial charge on any atom is 0.224 e. The Morgan fingerprint density at radius 2 is 1.00 bits per heavy atom. The van der Waals surface area contributed by atoms with Gasteiger partial charge in [-0.15, -0.1) is 0 Å². The SMILES string of the molecule is CCCCCCCCCCCCCCCCCCCCCC(=O)Nc1ccc(OCC)cc1. The molecule has 0 bridgehead atoms. The normalized spacial score (nSPS) is 11.0. The third-order valence-corrected chi connectivity index (χ3v) is 6.46. The highest BCUT2D eigenvalue weighted by atomic mass is 16.5. The van der Waals surface area contributed by atoms with Gasteiger partial charge in [0.1, 0.15) is 5.75 Å². The van der Waals surface area contributed by atoms with Crippen molar-refractivity contribution in [2.75, 3.05) is 11.9 Å². The van der Waals surface area contributed by atoms with Gasteiger partial charge in [-0.25, -0.2) is 0 Å². The fraction of sp³-hybridized carbons (Fsp3) is 0.767. The second kappa shape index (κ2) is 22.3. The first kappa shape index (κ1) is 29.5. The Morgan fingerprint density at radius 1 is 0.606 bits per heavy atom. The van der Waals surface area contributed by atoms with Crippen LogP contribution in [0.2, 0.25) is 0 Å². The van der Waals surface area contributed by atoms with Crippen LogP contribution in [0.5, 0.6) is 5.75 Å². The summed E-state index contributed by atoms with van der Waals surface area (Å²) in [5.74, 6) is 0.959. The van der Waals surface area contributed by atoms with Gasteiger partial charge in [0.25, 0.3) is 0 Å². The molecule has 1 rings (SSSR count). The van der Waals surface area contributed by atoms with E-state index in [4.69, 9.17) is 4.74 Å². The number of benzene rings is 1. The zero-order valence-corrected chi connectivity index (χ0v) is 22.0. The Morgan fingerprint density at radius 3 is 1.39 bits per heavy atom. The van der Waals surface area contributed by atoms with E-state index in [1.807, 2.05) is 31.2 Å². The van der Waals surface area contributed by atoms with Gasteiger partial charge in [0, 0.05) is 12.1 Å². The highest BCUT2D eigenvalue weighted by Gasteiger charge is 2.03. The summed E-state index contributed by atoms with van der Waals surface area (Å²) in [4.78, 5) is 12.1. The number of anilines is 1. The Labute approximate surface area is 205 Å². The molecular formula is C30H53NO2. The summed E-state index contributed by atoms with van der Waals surface area (Å²) >= 11 is 0. The molecule has 3 nitrogen and oxygen atoms in total. The molecule has 0 aliphatic rings. The van der Waals surface area contributed by atoms with E-state index in [2.05, 4.69) is 12.2 Å². The molecule has 0 saturated heterocycles. The lowest BCUT2D eigenvalue weighted by Gasteiger charge is -2.07. The van der Waals surface area contributed by atoms with Gasteiger partial charge in [-0.05, 0) is 37.6 Å². The average Bonchev–Trinajstić information content (AvgIpc) is 2.82. The van der Waals surface area contributed by atoms with Crippen LogP contribution in [0.25, 0.3) is 0 Å². The van der Waals surface area contributed by atoms with Gasteiger partial charge in [-0.3, -0.25) is 4.79 Å². The minimum atomic E-state index is 0.117. The van der Waals surface area contributed by atoms with Crippen LogP contribution in [-0.4, -0.2) is 12.5 Å². The van der Waals surface area contributed by atoms with Crippen molar-refractivity contribution in [3.05, 3.63) is 24.3 Å². The van der Waals surface area contributed by atoms with E-state index >= 15 is 0 Å². The number of hydrogen-bond acceptors (Lipinski definition) is 2. The predicted molar refractivity (Wildman–Crippen MR) is 144 cm³/mol. The molecule has 0 atom stereocenters. The Bertz CT molecular complexity index is 555. The largest absolute Gasteiger partial charge is 0.494 e.